The number of piperidine rings is 1. The van der Waals surface area contributed by atoms with Gasteiger partial charge in [0.15, 0.2) is 0 Å². The normalized spacial score (nSPS) is 25.6. The highest BCUT2D eigenvalue weighted by Crippen LogP contribution is 2.29. The van der Waals surface area contributed by atoms with Crippen molar-refractivity contribution in [2.75, 3.05) is 33.3 Å². The van der Waals surface area contributed by atoms with E-state index in [-0.39, 0.29) is 29.1 Å². The Morgan fingerprint density at radius 1 is 1.28 bits per heavy atom. The molecule has 2 aliphatic rings. The summed E-state index contributed by atoms with van der Waals surface area (Å²) >= 11 is 0. The molecule has 2 heterocycles. The number of aromatic carboxylic acids is 1. The SMILES string of the molecule is Cc1cc(S(=O)(=O)N2CCOC3CCN(C)CC32)cc(C(=O)O)c1C. The van der Waals surface area contributed by atoms with Crippen LogP contribution in [0.1, 0.15) is 27.9 Å². The fourth-order valence-corrected chi connectivity index (χ4v) is 5.37. The fourth-order valence-electron chi connectivity index (χ4n) is 3.63. The van der Waals surface area contributed by atoms with E-state index in [2.05, 4.69) is 4.90 Å². The quantitative estimate of drug-likeness (QED) is 0.860. The number of carboxylic acids is 1. The highest BCUT2D eigenvalue weighted by atomic mass is 32.2. The number of fused-ring (bicyclic) bond motifs is 1. The topological polar surface area (TPSA) is 87.2 Å². The second-order valence-electron chi connectivity index (χ2n) is 6.86. The van der Waals surface area contributed by atoms with Crippen molar-refractivity contribution in [3.8, 4) is 0 Å². The third kappa shape index (κ3) is 3.31. The third-order valence-corrected chi connectivity index (χ3v) is 7.12. The zero-order chi connectivity index (χ0) is 18.4. The predicted molar refractivity (Wildman–Crippen MR) is 92.4 cm³/mol. The summed E-state index contributed by atoms with van der Waals surface area (Å²) in [6.07, 6.45) is 0.686. The molecule has 0 aliphatic carbocycles. The van der Waals surface area contributed by atoms with Crippen LogP contribution in [0.4, 0.5) is 0 Å². The number of aryl methyl sites for hydroxylation is 1. The summed E-state index contributed by atoms with van der Waals surface area (Å²) in [7, 11) is -1.82. The van der Waals surface area contributed by atoms with Crippen LogP contribution in [-0.2, 0) is 14.8 Å². The molecule has 2 fully saturated rings. The molecule has 0 amide bonds. The summed E-state index contributed by atoms with van der Waals surface area (Å²) in [5.74, 6) is -1.12. The summed E-state index contributed by atoms with van der Waals surface area (Å²) in [5, 5.41) is 9.38. The van der Waals surface area contributed by atoms with Crippen LogP contribution in [0.5, 0.6) is 0 Å². The molecular weight excluding hydrogens is 344 g/mol. The molecule has 0 radical (unpaired) electrons. The number of likely N-dealkylation sites (tertiary alicyclic amines) is 1. The monoisotopic (exact) mass is 368 g/mol. The van der Waals surface area contributed by atoms with Crippen molar-refractivity contribution in [1.29, 1.82) is 0 Å². The number of benzene rings is 1. The van der Waals surface area contributed by atoms with E-state index < -0.39 is 16.0 Å². The Kier molecular flexibility index (Phi) is 4.89. The second-order valence-corrected chi connectivity index (χ2v) is 8.75. The maximum atomic E-state index is 13.2. The van der Waals surface area contributed by atoms with Gasteiger partial charge in [0.1, 0.15) is 0 Å². The lowest BCUT2D eigenvalue weighted by molar-refractivity contribution is -0.0719. The first-order valence-electron chi connectivity index (χ1n) is 8.38. The molecule has 1 N–H and O–H groups in total. The molecule has 0 spiro atoms. The lowest BCUT2D eigenvalue weighted by atomic mass is 10.0. The number of nitrogens with zero attached hydrogens (tertiary/aromatic N) is 2. The Morgan fingerprint density at radius 3 is 2.68 bits per heavy atom. The van der Waals surface area contributed by atoms with E-state index >= 15 is 0 Å². The maximum absolute atomic E-state index is 13.2. The number of sulfonamides is 1. The van der Waals surface area contributed by atoms with Crippen molar-refractivity contribution >= 4 is 16.0 Å². The number of morpholine rings is 1. The van der Waals surface area contributed by atoms with Gasteiger partial charge in [-0.3, -0.25) is 0 Å². The van der Waals surface area contributed by atoms with Crippen LogP contribution in [0.2, 0.25) is 0 Å². The van der Waals surface area contributed by atoms with Gasteiger partial charge in [-0.1, -0.05) is 0 Å². The van der Waals surface area contributed by atoms with Crippen molar-refractivity contribution in [3.63, 3.8) is 0 Å². The first-order chi connectivity index (χ1) is 11.7. The van der Waals surface area contributed by atoms with E-state index in [1.54, 1.807) is 19.9 Å². The molecule has 2 atom stereocenters. The molecule has 1 aromatic carbocycles. The third-order valence-electron chi connectivity index (χ3n) is 5.21. The van der Waals surface area contributed by atoms with Crippen LogP contribution in [0.15, 0.2) is 17.0 Å². The predicted octanol–water partition coefficient (Wildman–Crippen LogP) is 1.10. The van der Waals surface area contributed by atoms with Gasteiger partial charge in [-0.25, -0.2) is 13.2 Å². The molecular formula is C17H24N2O5S. The minimum Gasteiger partial charge on any atom is -0.478 e. The molecule has 2 aliphatic heterocycles. The number of hydrogen-bond donors (Lipinski definition) is 1. The standard InChI is InChI=1S/C17H24N2O5S/c1-11-8-13(9-14(12(11)2)17(20)21)25(22,23)19-6-7-24-16-4-5-18(3)10-15(16)19/h8-9,15-16H,4-7,10H2,1-3H3,(H,20,21). The molecule has 7 nitrogen and oxygen atoms in total. The van der Waals surface area contributed by atoms with Crippen LogP contribution in [0.3, 0.4) is 0 Å². The van der Waals surface area contributed by atoms with Gasteiger partial charge < -0.3 is 14.7 Å². The first kappa shape index (κ1) is 18.3. The maximum Gasteiger partial charge on any atom is 0.336 e. The number of rotatable bonds is 3. The zero-order valence-electron chi connectivity index (χ0n) is 14.7. The van der Waals surface area contributed by atoms with Crippen LogP contribution in [-0.4, -0.2) is 74.1 Å². The number of ether oxygens (including phenoxy) is 1. The van der Waals surface area contributed by atoms with Crippen LogP contribution >= 0.6 is 0 Å². The minimum atomic E-state index is -3.79. The molecule has 0 saturated carbocycles. The van der Waals surface area contributed by atoms with E-state index in [4.69, 9.17) is 4.74 Å². The van der Waals surface area contributed by atoms with E-state index in [1.807, 2.05) is 7.05 Å². The summed E-state index contributed by atoms with van der Waals surface area (Å²) in [6.45, 7) is 5.56. The molecule has 1 aromatic rings. The summed E-state index contributed by atoms with van der Waals surface area (Å²) in [5.41, 5.74) is 1.27. The van der Waals surface area contributed by atoms with Crippen molar-refractivity contribution in [2.45, 2.75) is 37.3 Å². The summed E-state index contributed by atoms with van der Waals surface area (Å²) in [6, 6.07) is 2.60. The Labute approximate surface area is 148 Å². The van der Waals surface area contributed by atoms with E-state index in [0.29, 0.717) is 24.3 Å². The average molecular weight is 368 g/mol. The fraction of sp³-hybridized carbons (Fsp3) is 0.588. The van der Waals surface area contributed by atoms with Crippen molar-refractivity contribution in [1.82, 2.24) is 9.21 Å². The smallest absolute Gasteiger partial charge is 0.336 e. The lowest BCUT2D eigenvalue weighted by Crippen LogP contribution is -2.60. The number of likely N-dealkylation sites (N-methyl/N-ethyl adjacent to an activating group) is 1. The molecule has 0 bridgehead atoms. The largest absolute Gasteiger partial charge is 0.478 e. The highest BCUT2D eigenvalue weighted by molar-refractivity contribution is 7.89. The number of carboxylic acid groups (broad SMARTS) is 1. The molecule has 25 heavy (non-hydrogen) atoms. The number of hydrogen-bond acceptors (Lipinski definition) is 5. The van der Waals surface area contributed by atoms with Gasteiger partial charge in [-0.15, -0.1) is 0 Å². The van der Waals surface area contributed by atoms with Gasteiger partial charge in [-0.05, 0) is 50.6 Å². The van der Waals surface area contributed by atoms with Gasteiger partial charge in [0.25, 0.3) is 0 Å². The number of carbonyl (C=O) groups is 1. The molecule has 2 unspecified atom stereocenters. The van der Waals surface area contributed by atoms with Gasteiger partial charge >= 0.3 is 5.97 Å². The van der Waals surface area contributed by atoms with Crippen molar-refractivity contribution in [2.24, 2.45) is 0 Å². The highest BCUT2D eigenvalue weighted by Gasteiger charge is 2.42. The first-order valence-corrected chi connectivity index (χ1v) is 9.82. The van der Waals surface area contributed by atoms with Crippen LogP contribution in [0.25, 0.3) is 0 Å². The Bertz CT molecular complexity index is 792. The molecule has 0 aromatic heterocycles. The minimum absolute atomic E-state index is 0.0316. The molecule has 3 rings (SSSR count). The summed E-state index contributed by atoms with van der Waals surface area (Å²) < 4.78 is 33.8. The summed E-state index contributed by atoms with van der Waals surface area (Å²) in [4.78, 5) is 13.6. The van der Waals surface area contributed by atoms with E-state index in [1.165, 1.54) is 10.4 Å². The molecule has 8 heteroatoms. The van der Waals surface area contributed by atoms with Crippen molar-refractivity contribution < 1.29 is 23.1 Å². The Balaban J connectivity index is 2.02. The average Bonchev–Trinajstić information content (AvgIpc) is 2.56. The van der Waals surface area contributed by atoms with Crippen LogP contribution < -0.4 is 0 Å². The lowest BCUT2D eigenvalue weighted by Gasteiger charge is -2.45. The molecule has 2 saturated heterocycles. The second kappa shape index (κ2) is 6.68. The Morgan fingerprint density at radius 2 is 2.00 bits per heavy atom. The van der Waals surface area contributed by atoms with Gasteiger partial charge in [0.2, 0.25) is 10.0 Å². The van der Waals surface area contributed by atoms with Gasteiger partial charge in [-0.2, -0.15) is 4.31 Å². The van der Waals surface area contributed by atoms with Crippen molar-refractivity contribution in [3.05, 3.63) is 28.8 Å². The molecule has 138 valence electrons. The van der Waals surface area contributed by atoms with Gasteiger partial charge in [0.05, 0.1) is 29.2 Å². The zero-order valence-corrected chi connectivity index (χ0v) is 15.5. The van der Waals surface area contributed by atoms with E-state index in [0.717, 1.165) is 13.0 Å². The Hall–Kier alpha value is -1.48. The van der Waals surface area contributed by atoms with E-state index in [9.17, 15) is 18.3 Å². The van der Waals surface area contributed by atoms with Crippen LogP contribution in [0, 0.1) is 13.8 Å². The van der Waals surface area contributed by atoms with Gasteiger partial charge in [0, 0.05) is 19.6 Å².